The zero-order valence-corrected chi connectivity index (χ0v) is 21.3. The molecule has 0 radical (unpaired) electrons. The average molecular weight is 448 g/mol. The highest BCUT2D eigenvalue weighted by atomic mass is 79.9. The fourth-order valence-corrected chi connectivity index (χ4v) is 4.26. The van der Waals surface area contributed by atoms with Crippen molar-refractivity contribution in [2.75, 3.05) is 7.11 Å². The van der Waals surface area contributed by atoms with Gasteiger partial charge in [0, 0.05) is 0 Å². The Morgan fingerprint density at radius 1 is 0.760 bits per heavy atom. The molecule has 3 nitrogen and oxygen atoms in total. The maximum atomic E-state index is 6.64. The first-order valence-corrected chi connectivity index (χ1v) is 15.4. The maximum Gasteiger partial charge on any atom is 0.250 e. The van der Waals surface area contributed by atoms with Gasteiger partial charge in [0.2, 0.25) is 0 Å². The van der Waals surface area contributed by atoms with Gasteiger partial charge in [0.25, 0.3) is 16.6 Å². The van der Waals surface area contributed by atoms with Gasteiger partial charge in [-0.25, -0.2) is 0 Å². The van der Waals surface area contributed by atoms with Gasteiger partial charge in [-0.05, 0) is 64.3 Å². The standard InChI is InChI=1S/C19H35BrO3Si2/c1-18(2,3)24(8,9)22-16-14(20)12-13-15(21-7)17(16)23-25(10,11)19(4,5)6/h12-13H,1-11H3. The second-order valence-electron chi connectivity index (χ2n) is 9.63. The summed E-state index contributed by atoms with van der Waals surface area (Å²) in [6.45, 7) is 22.4. The third kappa shape index (κ3) is 5.04. The van der Waals surface area contributed by atoms with E-state index in [4.69, 9.17) is 13.6 Å². The highest BCUT2D eigenvalue weighted by Gasteiger charge is 2.43. The molecule has 0 amide bonds. The number of benzene rings is 1. The Labute approximate surface area is 164 Å². The summed E-state index contributed by atoms with van der Waals surface area (Å²) in [4.78, 5) is 0. The number of hydrogen-bond acceptors (Lipinski definition) is 3. The van der Waals surface area contributed by atoms with E-state index in [2.05, 4.69) is 83.7 Å². The molecule has 144 valence electrons. The van der Waals surface area contributed by atoms with Gasteiger partial charge in [0.15, 0.2) is 17.2 Å². The van der Waals surface area contributed by atoms with Crippen molar-refractivity contribution in [3.05, 3.63) is 16.6 Å². The molecule has 0 N–H and O–H groups in total. The summed E-state index contributed by atoms with van der Waals surface area (Å²) in [6, 6.07) is 3.91. The Morgan fingerprint density at radius 2 is 1.16 bits per heavy atom. The van der Waals surface area contributed by atoms with Gasteiger partial charge >= 0.3 is 0 Å². The van der Waals surface area contributed by atoms with Crippen LogP contribution in [0.2, 0.25) is 36.3 Å². The SMILES string of the molecule is COc1ccc(Br)c(O[Si](C)(C)C(C)(C)C)c1O[Si](C)(C)C(C)(C)C. The Kier molecular flexibility index (Phi) is 6.57. The second-order valence-corrected chi connectivity index (χ2v) is 19.9. The number of halogens is 1. The number of rotatable bonds is 5. The van der Waals surface area contributed by atoms with Crippen LogP contribution < -0.4 is 13.6 Å². The van der Waals surface area contributed by atoms with Crippen molar-refractivity contribution >= 4 is 32.6 Å². The molecule has 0 spiro atoms. The molecule has 0 bridgehead atoms. The van der Waals surface area contributed by atoms with Crippen molar-refractivity contribution in [2.45, 2.75) is 77.8 Å². The van der Waals surface area contributed by atoms with Crippen LogP contribution in [-0.2, 0) is 0 Å². The van der Waals surface area contributed by atoms with Gasteiger partial charge < -0.3 is 13.6 Å². The lowest BCUT2D eigenvalue weighted by Gasteiger charge is -2.40. The van der Waals surface area contributed by atoms with Gasteiger partial charge in [-0.15, -0.1) is 0 Å². The van der Waals surface area contributed by atoms with Crippen molar-refractivity contribution in [1.29, 1.82) is 0 Å². The fourth-order valence-electron chi connectivity index (χ4n) is 1.69. The summed E-state index contributed by atoms with van der Waals surface area (Å²) in [7, 11) is -2.37. The smallest absolute Gasteiger partial charge is 0.250 e. The molecule has 0 saturated heterocycles. The predicted molar refractivity (Wildman–Crippen MR) is 116 cm³/mol. The van der Waals surface area contributed by atoms with Gasteiger partial charge in [-0.1, -0.05) is 41.5 Å². The van der Waals surface area contributed by atoms with E-state index in [1.54, 1.807) is 7.11 Å². The number of hydrogen-bond donors (Lipinski definition) is 0. The Balaban J connectivity index is 3.49. The summed E-state index contributed by atoms with van der Waals surface area (Å²) in [5.74, 6) is 2.23. The number of methoxy groups -OCH3 is 1. The molecule has 1 aromatic carbocycles. The molecule has 0 aliphatic carbocycles. The third-order valence-corrected chi connectivity index (χ3v) is 14.9. The van der Waals surface area contributed by atoms with Crippen LogP contribution in [0.1, 0.15) is 41.5 Å². The minimum Gasteiger partial charge on any atom is -0.540 e. The van der Waals surface area contributed by atoms with Gasteiger partial charge in [-0.3, -0.25) is 0 Å². The summed E-state index contributed by atoms with van der Waals surface area (Å²) in [5.41, 5.74) is 0. The van der Waals surface area contributed by atoms with E-state index in [0.29, 0.717) is 0 Å². The Hall–Kier alpha value is -0.466. The van der Waals surface area contributed by atoms with E-state index in [1.165, 1.54) is 0 Å². The number of ether oxygens (including phenoxy) is 1. The van der Waals surface area contributed by atoms with Gasteiger partial charge in [0.1, 0.15) is 0 Å². The van der Waals surface area contributed by atoms with Crippen LogP contribution in [-0.4, -0.2) is 23.7 Å². The first kappa shape index (κ1) is 22.6. The van der Waals surface area contributed by atoms with E-state index in [-0.39, 0.29) is 10.1 Å². The van der Waals surface area contributed by atoms with Crippen LogP contribution in [0.4, 0.5) is 0 Å². The molecular formula is C19H35BrO3Si2. The van der Waals surface area contributed by atoms with Crippen LogP contribution in [0.15, 0.2) is 16.6 Å². The topological polar surface area (TPSA) is 27.7 Å². The molecule has 0 unspecified atom stereocenters. The monoisotopic (exact) mass is 446 g/mol. The minimum absolute atomic E-state index is 0.0918. The van der Waals surface area contributed by atoms with Crippen LogP contribution >= 0.6 is 15.9 Å². The lowest BCUT2D eigenvalue weighted by molar-refractivity contribution is 0.373. The normalized spacial score (nSPS) is 13.6. The van der Waals surface area contributed by atoms with Crippen molar-refractivity contribution < 1.29 is 13.6 Å². The van der Waals surface area contributed by atoms with E-state index in [9.17, 15) is 0 Å². The predicted octanol–water partition coefficient (Wildman–Crippen LogP) is 7.23. The average Bonchev–Trinajstić information content (AvgIpc) is 2.40. The van der Waals surface area contributed by atoms with Crippen LogP contribution in [0.3, 0.4) is 0 Å². The van der Waals surface area contributed by atoms with Crippen molar-refractivity contribution in [3.8, 4) is 17.2 Å². The van der Waals surface area contributed by atoms with Crippen LogP contribution in [0.25, 0.3) is 0 Å². The summed E-state index contributed by atoms with van der Waals surface area (Å²) in [6.07, 6.45) is 0. The van der Waals surface area contributed by atoms with Crippen molar-refractivity contribution in [1.82, 2.24) is 0 Å². The van der Waals surface area contributed by atoms with Crippen LogP contribution in [0, 0.1) is 0 Å². The first-order valence-electron chi connectivity index (χ1n) is 8.78. The summed E-state index contributed by atoms with van der Waals surface area (Å²) >= 11 is 3.67. The van der Waals surface area contributed by atoms with Crippen molar-refractivity contribution in [2.24, 2.45) is 0 Å². The zero-order valence-electron chi connectivity index (χ0n) is 17.8. The molecular weight excluding hydrogens is 412 g/mol. The molecule has 25 heavy (non-hydrogen) atoms. The highest BCUT2D eigenvalue weighted by Crippen LogP contribution is 2.49. The molecule has 1 aromatic rings. The summed E-state index contributed by atoms with van der Waals surface area (Å²) < 4.78 is 19.8. The van der Waals surface area contributed by atoms with Gasteiger partial charge in [0.05, 0.1) is 11.6 Å². The summed E-state index contributed by atoms with van der Waals surface area (Å²) in [5, 5.41) is 0.193. The van der Waals surface area contributed by atoms with E-state index >= 15 is 0 Å². The molecule has 0 aliphatic heterocycles. The molecule has 0 heterocycles. The Bertz CT molecular complexity index is 614. The molecule has 0 fully saturated rings. The molecule has 1 rings (SSSR count). The minimum atomic E-state index is -2.03. The van der Waals surface area contributed by atoms with E-state index < -0.39 is 16.6 Å². The zero-order chi connectivity index (χ0) is 19.8. The molecule has 0 aliphatic rings. The highest BCUT2D eigenvalue weighted by molar-refractivity contribution is 9.10. The maximum absolute atomic E-state index is 6.64. The first-order chi connectivity index (χ1) is 11.0. The van der Waals surface area contributed by atoms with Crippen molar-refractivity contribution in [3.63, 3.8) is 0 Å². The molecule has 0 atom stereocenters. The Morgan fingerprint density at radius 3 is 1.52 bits per heavy atom. The second kappa shape index (κ2) is 7.27. The van der Waals surface area contributed by atoms with E-state index in [1.807, 2.05) is 12.1 Å². The quantitative estimate of drug-likeness (QED) is 0.446. The molecule has 6 heteroatoms. The lowest BCUT2D eigenvalue weighted by atomic mass is 10.2. The van der Waals surface area contributed by atoms with Gasteiger partial charge in [-0.2, -0.15) is 0 Å². The lowest BCUT2D eigenvalue weighted by Crippen LogP contribution is -2.46. The molecule has 0 aromatic heterocycles. The van der Waals surface area contributed by atoms with Crippen LogP contribution in [0.5, 0.6) is 17.2 Å². The fraction of sp³-hybridized carbons (Fsp3) is 0.684. The largest absolute Gasteiger partial charge is 0.540 e. The van der Waals surface area contributed by atoms with E-state index in [0.717, 1.165) is 21.7 Å². The molecule has 0 saturated carbocycles. The third-order valence-electron chi connectivity index (χ3n) is 5.57.